The Hall–Kier alpha value is -3.39. The largest absolute Gasteiger partial charge is 0.492 e. The van der Waals surface area contributed by atoms with E-state index in [-0.39, 0.29) is 5.91 Å². The summed E-state index contributed by atoms with van der Waals surface area (Å²) in [6.45, 7) is 0.947. The van der Waals surface area contributed by atoms with Gasteiger partial charge in [-0.25, -0.2) is 9.97 Å². The highest BCUT2D eigenvalue weighted by Gasteiger charge is 2.06. The van der Waals surface area contributed by atoms with Gasteiger partial charge in [0.1, 0.15) is 18.7 Å². The molecule has 3 aromatic rings. The summed E-state index contributed by atoms with van der Waals surface area (Å²) < 4.78 is 5.61. The van der Waals surface area contributed by atoms with Crippen LogP contribution in [0.15, 0.2) is 54.9 Å². The van der Waals surface area contributed by atoms with E-state index in [2.05, 4.69) is 30.9 Å². The third-order valence-corrected chi connectivity index (χ3v) is 3.90. The van der Waals surface area contributed by atoms with E-state index in [1.54, 1.807) is 49.5 Å². The molecule has 0 atom stereocenters. The Morgan fingerprint density at radius 2 is 1.89 bits per heavy atom. The third-order valence-electron chi connectivity index (χ3n) is 3.65. The zero-order valence-corrected chi connectivity index (χ0v) is 15.9. The first-order chi connectivity index (χ1) is 13.6. The number of benzene rings is 2. The molecule has 144 valence electrons. The first-order valence-electron chi connectivity index (χ1n) is 8.54. The van der Waals surface area contributed by atoms with Crippen LogP contribution in [0.5, 0.6) is 5.75 Å². The van der Waals surface area contributed by atoms with E-state index in [1.165, 1.54) is 6.33 Å². The van der Waals surface area contributed by atoms with Gasteiger partial charge in [-0.1, -0.05) is 17.7 Å². The second-order valence-electron chi connectivity index (χ2n) is 5.65. The lowest BCUT2D eigenvalue weighted by Crippen LogP contribution is -2.17. The van der Waals surface area contributed by atoms with Crippen LogP contribution in [0.4, 0.5) is 17.6 Å². The fraction of sp³-hybridized carbons (Fsp3) is 0.158. The van der Waals surface area contributed by atoms with Crippen LogP contribution in [-0.2, 0) is 0 Å². The molecule has 3 N–H and O–H groups in total. The van der Waals surface area contributed by atoms with Crippen molar-refractivity contribution in [3.63, 3.8) is 0 Å². The summed E-state index contributed by atoms with van der Waals surface area (Å²) in [6.07, 6.45) is 1.40. The van der Waals surface area contributed by atoms with E-state index in [9.17, 15) is 4.79 Å². The van der Waals surface area contributed by atoms with Gasteiger partial charge < -0.3 is 20.7 Å². The number of rotatable bonds is 8. The molecule has 0 aliphatic rings. The number of amides is 1. The van der Waals surface area contributed by atoms with Crippen molar-refractivity contribution in [3.05, 3.63) is 65.4 Å². The van der Waals surface area contributed by atoms with Crippen LogP contribution >= 0.6 is 11.6 Å². The highest BCUT2D eigenvalue weighted by molar-refractivity contribution is 6.30. The molecule has 0 bridgehead atoms. The number of aromatic nitrogens is 3. The number of nitrogens with zero attached hydrogens (tertiary/aromatic N) is 3. The minimum Gasteiger partial charge on any atom is -0.492 e. The van der Waals surface area contributed by atoms with Crippen LogP contribution in [0.25, 0.3) is 0 Å². The zero-order chi connectivity index (χ0) is 19.8. The van der Waals surface area contributed by atoms with E-state index in [1.807, 2.05) is 6.07 Å². The number of ether oxygens (including phenoxy) is 1. The maximum atomic E-state index is 11.7. The molecule has 1 heterocycles. The van der Waals surface area contributed by atoms with Crippen molar-refractivity contribution in [1.82, 2.24) is 20.3 Å². The van der Waals surface area contributed by atoms with Gasteiger partial charge in [0.25, 0.3) is 5.91 Å². The predicted octanol–water partition coefficient (Wildman–Crippen LogP) is 3.12. The molecule has 0 saturated carbocycles. The summed E-state index contributed by atoms with van der Waals surface area (Å²) in [5.41, 5.74) is 1.24. The van der Waals surface area contributed by atoms with Gasteiger partial charge in [0, 0.05) is 23.3 Å². The molecule has 28 heavy (non-hydrogen) atoms. The number of nitrogens with one attached hydrogen (secondary N) is 3. The van der Waals surface area contributed by atoms with E-state index in [0.717, 1.165) is 5.75 Å². The maximum Gasteiger partial charge on any atom is 0.251 e. The lowest BCUT2D eigenvalue weighted by molar-refractivity contribution is 0.0963. The van der Waals surface area contributed by atoms with Crippen molar-refractivity contribution >= 4 is 35.1 Å². The van der Waals surface area contributed by atoms with Crippen molar-refractivity contribution in [2.75, 3.05) is 30.8 Å². The smallest absolute Gasteiger partial charge is 0.251 e. The molecule has 0 aliphatic carbocycles. The summed E-state index contributed by atoms with van der Waals surface area (Å²) in [6, 6.07) is 14.2. The van der Waals surface area contributed by atoms with E-state index in [0.29, 0.717) is 41.3 Å². The molecule has 0 unspecified atom stereocenters. The van der Waals surface area contributed by atoms with Crippen LogP contribution in [-0.4, -0.2) is 41.1 Å². The monoisotopic (exact) mass is 398 g/mol. The molecule has 2 aromatic carbocycles. The van der Waals surface area contributed by atoms with Crippen LogP contribution < -0.4 is 20.7 Å². The van der Waals surface area contributed by atoms with Gasteiger partial charge in [0.2, 0.25) is 11.9 Å². The highest BCUT2D eigenvalue weighted by Crippen LogP contribution is 2.16. The lowest BCUT2D eigenvalue weighted by Gasteiger charge is -2.09. The first-order valence-corrected chi connectivity index (χ1v) is 8.92. The fourth-order valence-electron chi connectivity index (χ4n) is 2.32. The van der Waals surface area contributed by atoms with Crippen molar-refractivity contribution in [2.45, 2.75) is 0 Å². The van der Waals surface area contributed by atoms with Gasteiger partial charge in [0.15, 0.2) is 0 Å². The maximum absolute atomic E-state index is 11.7. The van der Waals surface area contributed by atoms with Crippen molar-refractivity contribution in [2.24, 2.45) is 0 Å². The number of hydrogen-bond donors (Lipinski definition) is 3. The predicted molar refractivity (Wildman–Crippen MR) is 108 cm³/mol. The van der Waals surface area contributed by atoms with Gasteiger partial charge in [-0.05, 0) is 42.5 Å². The Morgan fingerprint density at radius 1 is 1.11 bits per heavy atom. The molecule has 0 aliphatic heterocycles. The molecule has 9 heteroatoms. The number of hydrogen-bond acceptors (Lipinski definition) is 7. The van der Waals surface area contributed by atoms with E-state index in [4.69, 9.17) is 16.3 Å². The summed E-state index contributed by atoms with van der Waals surface area (Å²) in [5, 5.41) is 9.38. The Labute approximate surface area is 167 Å². The molecule has 0 saturated heterocycles. The summed E-state index contributed by atoms with van der Waals surface area (Å²) in [5.74, 6) is 1.35. The number of anilines is 3. The minimum atomic E-state index is -0.165. The van der Waals surface area contributed by atoms with Gasteiger partial charge in [-0.15, -0.1) is 0 Å². The topological polar surface area (TPSA) is 101 Å². The number of carbonyl (C=O) groups is 1. The molecule has 0 radical (unpaired) electrons. The van der Waals surface area contributed by atoms with Gasteiger partial charge in [-0.3, -0.25) is 4.79 Å². The van der Waals surface area contributed by atoms with Crippen molar-refractivity contribution in [3.8, 4) is 5.75 Å². The van der Waals surface area contributed by atoms with Gasteiger partial charge in [0.05, 0.1) is 6.54 Å². The molecule has 1 aromatic heterocycles. The van der Waals surface area contributed by atoms with Crippen LogP contribution in [0.2, 0.25) is 5.02 Å². The quantitative estimate of drug-likeness (QED) is 0.501. The van der Waals surface area contributed by atoms with E-state index >= 15 is 0 Å². The van der Waals surface area contributed by atoms with Crippen LogP contribution in [0.1, 0.15) is 10.4 Å². The normalized spacial score (nSPS) is 10.2. The highest BCUT2D eigenvalue weighted by atomic mass is 35.5. The Bertz CT molecular complexity index is 936. The molecule has 8 nitrogen and oxygen atoms in total. The van der Waals surface area contributed by atoms with Gasteiger partial charge >= 0.3 is 0 Å². The SMILES string of the molecule is CNC(=O)c1cccc(Nc2ncnc(NCCOc3ccc(Cl)cc3)n2)c1. The molecule has 0 fully saturated rings. The van der Waals surface area contributed by atoms with E-state index < -0.39 is 0 Å². The summed E-state index contributed by atoms with van der Waals surface area (Å²) in [4.78, 5) is 24.2. The molecule has 3 rings (SSSR count). The summed E-state index contributed by atoms with van der Waals surface area (Å²) in [7, 11) is 1.59. The second-order valence-corrected chi connectivity index (χ2v) is 6.08. The van der Waals surface area contributed by atoms with Crippen LogP contribution in [0.3, 0.4) is 0 Å². The molecule has 0 spiro atoms. The fourth-order valence-corrected chi connectivity index (χ4v) is 2.44. The number of carbonyl (C=O) groups excluding carboxylic acids is 1. The Balaban J connectivity index is 1.54. The first kappa shape index (κ1) is 19.4. The summed E-state index contributed by atoms with van der Waals surface area (Å²) >= 11 is 5.84. The standard InChI is InChI=1S/C19H19ClN6O2/c1-21-17(27)13-3-2-4-15(11-13)25-19-24-12-23-18(26-19)22-9-10-28-16-7-5-14(20)6-8-16/h2-8,11-12H,9-10H2,1H3,(H,21,27)(H2,22,23,24,25,26). The lowest BCUT2D eigenvalue weighted by atomic mass is 10.2. The van der Waals surface area contributed by atoms with Crippen LogP contribution in [0, 0.1) is 0 Å². The average molecular weight is 399 g/mol. The number of halogens is 1. The second kappa shape index (κ2) is 9.52. The third kappa shape index (κ3) is 5.55. The Kier molecular flexibility index (Phi) is 6.59. The van der Waals surface area contributed by atoms with Crippen molar-refractivity contribution < 1.29 is 9.53 Å². The molecular formula is C19H19ClN6O2. The zero-order valence-electron chi connectivity index (χ0n) is 15.1. The minimum absolute atomic E-state index is 0.165. The van der Waals surface area contributed by atoms with Gasteiger partial charge in [-0.2, -0.15) is 4.98 Å². The van der Waals surface area contributed by atoms with Crippen molar-refractivity contribution in [1.29, 1.82) is 0 Å². The average Bonchev–Trinajstić information content (AvgIpc) is 2.72. The molecular weight excluding hydrogens is 380 g/mol. The molecule has 1 amide bonds. The Morgan fingerprint density at radius 3 is 2.68 bits per heavy atom.